The molecule has 2 aliphatic rings. The lowest BCUT2D eigenvalue weighted by molar-refractivity contribution is -0.123. The van der Waals surface area contributed by atoms with Crippen LogP contribution in [0.25, 0.3) is 0 Å². The second kappa shape index (κ2) is 6.19. The summed E-state index contributed by atoms with van der Waals surface area (Å²) in [6.45, 7) is 1.90. The number of hydrogen-bond acceptors (Lipinski definition) is 3. The van der Waals surface area contributed by atoms with Gasteiger partial charge in [-0.2, -0.15) is 5.26 Å². The van der Waals surface area contributed by atoms with E-state index in [4.69, 9.17) is 0 Å². The first kappa shape index (κ1) is 13.4. The van der Waals surface area contributed by atoms with Crippen LogP contribution in [-0.2, 0) is 4.79 Å². The Labute approximate surface area is 109 Å². The Morgan fingerprint density at radius 1 is 1.22 bits per heavy atom. The molecule has 0 aromatic carbocycles. The second-order valence-electron chi connectivity index (χ2n) is 5.65. The Kier molecular flexibility index (Phi) is 4.60. The first-order chi connectivity index (χ1) is 8.70. The molecule has 3 unspecified atom stereocenters. The molecular formula is C14H23N3O. The molecule has 100 valence electrons. The Hall–Kier alpha value is -1.08. The zero-order chi connectivity index (χ0) is 13.0. The first-order valence-electron chi connectivity index (χ1n) is 7.16. The van der Waals surface area contributed by atoms with Gasteiger partial charge in [-0.25, -0.2) is 0 Å². The first-order valence-corrected chi connectivity index (χ1v) is 7.16. The van der Waals surface area contributed by atoms with Crippen molar-refractivity contribution in [3.8, 4) is 6.07 Å². The molecule has 0 aromatic rings. The van der Waals surface area contributed by atoms with Crippen LogP contribution in [0.1, 0.15) is 51.9 Å². The van der Waals surface area contributed by atoms with Gasteiger partial charge in [0.15, 0.2) is 0 Å². The van der Waals surface area contributed by atoms with E-state index in [0.29, 0.717) is 6.04 Å². The molecular weight excluding hydrogens is 226 g/mol. The lowest BCUT2D eigenvalue weighted by Crippen LogP contribution is -2.49. The zero-order valence-electron chi connectivity index (χ0n) is 11.1. The zero-order valence-corrected chi connectivity index (χ0v) is 11.1. The van der Waals surface area contributed by atoms with Gasteiger partial charge in [0.05, 0.1) is 18.0 Å². The molecule has 4 nitrogen and oxygen atoms in total. The molecule has 3 atom stereocenters. The van der Waals surface area contributed by atoms with E-state index in [1.165, 1.54) is 6.42 Å². The SMILES string of the molecule is CC(NC1CCCCCC1C#N)C(=O)NC1CC1. The summed E-state index contributed by atoms with van der Waals surface area (Å²) in [6, 6.07) is 2.79. The summed E-state index contributed by atoms with van der Waals surface area (Å²) in [5.74, 6) is 0.141. The molecule has 4 heteroatoms. The van der Waals surface area contributed by atoms with Crippen molar-refractivity contribution in [3.63, 3.8) is 0 Å². The average molecular weight is 249 g/mol. The summed E-state index contributed by atoms with van der Waals surface area (Å²) in [5.41, 5.74) is 0. The lowest BCUT2D eigenvalue weighted by Gasteiger charge is -2.24. The van der Waals surface area contributed by atoms with Gasteiger partial charge in [0.25, 0.3) is 0 Å². The van der Waals surface area contributed by atoms with Crippen LogP contribution in [0.4, 0.5) is 0 Å². The van der Waals surface area contributed by atoms with Crippen LogP contribution < -0.4 is 10.6 Å². The molecule has 0 aliphatic heterocycles. The fourth-order valence-electron chi connectivity index (χ4n) is 2.61. The van der Waals surface area contributed by atoms with Crippen molar-refractivity contribution in [2.75, 3.05) is 0 Å². The highest BCUT2D eigenvalue weighted by Crippen LogP contribution is 2.23. The number of hydrogen-bond donors (Lipinski definition) is 2. The van der Waals surface area contributed by atoms with Crippen LogP contribution in [0.5, 0.6) is 0 Å². The summed E-state index contributed by atoms with van der Waals surface area (Å²) in [7, 11) is 0. The minimum absolute atomic E-state index is 0.0590. The van der Waals surface area contributed by atoms with Crippen LogP contribution >= 0.6 is 0 Å². The maximum atomic E-state index is 11.9. The second-order valence-corrected chi connectivity index (χ2v) is 5.65. The smallest absolute Gasteiger partial charge is 0.237 e. The van der Waals surface area contributed by atoms with E-state index in [9.17, 15) is 10.1 Å². The van der Waals surface area contributed by atoms with Crippen molar-refractivity contribution in [2.24, 2.45) is 5.92 Å². The molecule has 0 saturated heterocycles. The third-order valence-electron chi connectivity index (χ3n) is 3.96. The van der Waals surface area contributed by atoms with Gasteiger partial charge in [-0.15, -0.1) is 0 Å². The molecule has 2 aliphatic carbocycles. The van der Waals surface area contributed by atoms with E-state index in [1.54, 1.807) is 0 Å². The fourth-order valence-corrected chi connectivity index (χ4v) is 2.61. The maximum Gasteiger partial charge on any atom is 0.237 e. The van der Waals surface area contributed by atoms with Gasteiger partial charge < -0.3 is 10.6 Å². The molecule has 2 N–H and O–H groups in total. The average Bonchev–Trinajstić information content (AvgIpc) is 3.16. The molecule has 18 heavy (non-hydrogen) atoms. The van der Waals surface area contributed by atoms with Crippen LogP contribution in [-0.4, -0.2) is 24.0 Å². The van der Waals surface area contributed by atoms with Gasteiger partial charge in [-0.1, -0.05) is 19.3 Å². The number of nitrogens with one attached hydrogen (secondary N) is 2. The number of nitriles is 1. The predicted molar refractivity (Wildman–Crippen MR) is 69.7 cm³/mol. The van der Waals surface area contributed by atoms with Crippen LogP contribution in [0.15, 0.2) is 0 Å². The molecule has 2 rings (SSSR count). The minimum Gasteiger partial charge on any atom is -0.352 e. The molecule has 0 bridgehead atoms. The largest absolute Gasteiger partial charge is 0.352 e. The normalized spacial score (nSPS) is 30.0. The summed E-state index contributed by atoms with van der Waals surface area (Å²) in [5, 5.41) is 15.6. The van der Waals surface area contributed by atoms with Crippen LogP contribution in [0.2, 0.25) is 0 Å². The van der Waals surface area contributed by atoms with Crippen LogP contribution in [0.3, 0.4) is 0 Å². The molecule has 1 amide bonds. The Balaban J connectivity index is 1.84. The number of nitrogens with zero attached hydrogens (tertiary/aromatic N) is 1. The highest BCUT2D eigenvalue weighted by molar-refractivity contribution is 5.81. The number of rotatable bonds is 4. The monoisotopic (exact) mass is 249 g/mol. The van der Waals surface area contributed by atoms with Crippen LogP contribution in [0, 0.1) is 17.2 Å². The summed E-state index contributed by atoms with van der Waals surface area (Å²) in [6.07, 6.45) is 7.71. The summed E-state index contributed by atoms with van der Waals surface area (Å²) in [4.78, 5) is 11.9. The van der Waals surface area contributed by atoms with E-state index in [1.807, 2.05) is 6.92 Å². The number of carbonyl (C=O) groups excluding carboxylic acids is 1. The highest BCUT2D eigenvalue weighted by Gasteiger charge is 2.29. The van der Waals surface area contributed by atoms with Crippen molar-refractivity contribution in [2.45, 2.75) is 70.0 Å². The van der Waals surface area contributed by atoms with Gasteiger partial charge in [0, 0.05) is 12.1 Å². The maximum absolute atomic E-state index is 11.9. The summed E-state index contributed by atoms with van der Waals surface area (Å²) < 4.78 is 0. The molecule has 0 radical (unpaired) electrons. The lowest BCUT2D eigenvalue weighted by atomic mass is 9.95. The van der Waals surface area contributed by atoms with Crippen molar-refractivity contribution >= 4 is 5.91 Å². The molecule has 0 aromatic heterocycles. The van der Waals surface area contributed by atoms with Crippen molar-refractivity contribution in [1.82, 2.24) is 10.6 Å². The fraction of sp³-hybridized carbons (Fsp3) is 0.857. The van der Waals surface area contributed by atoms with Gasteiger partial charge >= 0.3 is 0 Å². The van der Waals surface area contributed by atoms with Gasteiger partial charge in [-0.3, -0.25) is 4.79 Å². The summed E-state index contributed by atoms with van der Waals surface area (Å²) >= 11 is 0. The van der Waals surface area contributed by atoms with Crippen molar-refractivity contribution in [1.29, 1.82) is 5.26 Å². The van der Waals surface area contributed by atoms with E-state index in [2.05, 4.69) is 16.7 Å². The van der Waals surface area contributed by atoms with E-state index >= 15 is 0 Å². The number of carbonyl (C=O) groups is 1. The topological polar surface area (TPSA) is 64.9 Å². The van der Waals surface area contributed by atoms with Gasteiger partial charge in [0.1, 0.15) is 0 Å². The Morgan fingerprint density at radius 2 is 1.94 bits per heavy atom. The molecule has 2 fully saturated rings. The quantitative estimate of drug-likeness (QED) is 0.746. The Morgan fingerprint density at radius 3 is 2.61 bits per heavy atom. The molecule has 0 heterocycles. The van der Waals surface area contributed by atoms with Gasteiger partial charge in [0.2, 0.25) is 5.91 Å². The van der Waals surface area contributed by atoms with Crippen molar-refractivity contribution < 1.29 is 4.79 Å². The minimum atomic E-state index is -0.190. The third-order valence-corrected chi connectivity index (χ3v) is 3.96. The third kappa shape index (κ3) is 3.71. The van der Waals surface area contributed by atoms with E-state index < -0.39 is 0 Å². The highest BCUT2D eigenvalue weighted by atomic mass is 16.2. The van der Waals surface area contributed by atoms with E-state index in [0.717, 1.165) is 38.5 Å². The standard InChI is InChI=1S/C14H23N3O/c1-10(14(18)17-12-7-8-12)16-13-6-4-2-3-5-11(13)9-15/h10-13,16H,2-8H2,1H3,(H,17,18). The molecule has 2 saturated carbocycles. The predicted octanol–water partition coefficient (Wildman–Crippen LogP) is 1.72. The van der Waals surface area contributed by atoms with Gasteiger partial charge in [-0.05, 0) is 32.6 Å². The Bertz CT molecular complexity index is 332. The van der Waals surface area contributed by atoms with Crippen molar-refractivity contribution in [3.05, 3.63) is 0 Å². The van der Waals surface area contributed by atoms with E-state index in [-0.39, 0.29) is 23.9 Å². The number of amides is 1. The molecule has 0 spiro atoms.